The molecule has 4 rings (SSSR count). The summed E-state index contributed by atoms with van der Waals surface area (Å²) in [6.45, 7) is -1.75. The third-order valence-electron chi connectivity index (χ3n) is 6.41. The second kappa shape index (κ2) is 7.18. The van der Waals surface area contributed by atoms with E-state index in [1.807, 2.05) is 12.4 Å². The second-order valence-corrected chi connectivity index (χ2v) is 8.01. The Morgan fingerprint density at radius 1 is 1.38 bits per heavy atom. The Balaban J connectivity index is 1.19. The zero-order chi connectivity index (χ0) is 23.1. The molecule has 142 valence electrons. The summed E-state index contributed by atoms with van der Waals surface area (Å²) in [6, 6.07) is 2.10. The van der Waals surface area contributed by atoms with E-state index in [0.717, 1.165) is 38.9 Å². The number of ether oxygens (including phenoxy) is 1. The van der Waals surface area contributed by atoms with Crippen LogP contribution in [-0.4, -0.2) is 46.6 Å². The minimum atomic E-state index is -2.88. The quantitative estimate of drug-likeness (QED) is 0.798. The van der Waals surface area contributed by atoms with Gasteiger partial charge < -0.3 is 9.64 Å². The largest absolute Gasteiger partial charge is 0.447 e. The van der Waals surface area contributed by atoms with Crippen LogP contribution in [0.3, 0.4) is 0 Å². The summed E-state index contributed by atoms with van der Waals surface area (Å²) >= 11 is 0. The Morgan fingerprint density at radius 2 is 2.19 bits per heavy atom. The van der Waals surface area contributed by atoms with Crippen molar-refractivity contribution in [3.05, 3.63) is 29.6 Å². The fraction of sp³-hybridized carbons (Fsp3) is 0.714. The first kappa shape index (κ1) is 12.0. The Morgan fingerprint density at radius 3 is 2.96 bits per heavy atom. The molecule has 5 nitrogen and oxygen atoms in total. The van der Waals surface area contributed by atoms with Gasteiger partial charge in [0.05, 0.1) is 6.10 Å². The maximum Gasteiger partial charge on any atom is 0.410 e. The Kier molecular flexibility index (Phi) is 3.30. The van der Waals surface area contributed by atoms with Crippen molar-refractivity contribution in [2.45, 2.75) is 65.0 Å². The molecule has 1 spiro atoms. The highest BCUT2D eigenvalue weighted by Gasteiger charge is 2.54. The monoisotopic (exact) mass is 363 g/mol. The fourth-order valence-electron chi connectivity index (χ4n) is 4.77. The van der Waals surface area contributed by atoms with Gasteiger partial charge in [0.25, 0.3) is 0 Å². The number of rotatable bonds is 5. The molecule has 1 saturated carbocycles. The third-order valence-corrected chi connectivity index (χ3v) is 6.41. The van der Waals surface area contributed by atoms with Gasteiger partial charge in [-0.15, -0.1) is 0 Å². The van der Waals surface area contributed by atoms with Crippen molar-refractivity contribution in [1.82, 2.24) is 14.8 Å². The highest BCUT2D eigenvalue weighted by molar-refractivity contribution is 5.67. The molecular weight excluding hydrogens is 326 g/mol. The number of likely N-dealkylation sites (tertiary alicyclic amines) is 1. The molecule has 0 bridgehead atoms. The van der Waals surface area contributed by atoms with E-state index in [0.29, 0.717) is 19.0 Å². The van der Waals surface area contributed by atoms with Gasteiger partial charge in [-0.3, -0.25) is 9.88 Å². The minimum Gasteiger partial charge on any atom is -0.447 e. The number of piperidine rings is 1. The number of carbonyl (C=O) groups is 1. The molecule has 1 aromatic heterocycles. The van der Waals surface area contributed by atoms with Crippen molar-refractivity contribution in [3.8, 4) is 0 Å². The Bertz CT molecular complexity index is 797. The van der Waals surface area contributed by atoms with Crippen LogP contribution in [0.25, 0.3) is 0 Å². The number of aromatic nitrogens is 1. The van der Waals surface area contributed by atoms with Crippen molar-refractivity contribution in [2.75, 3.05) is 19.6 Å². The van der Waals surface area contributed by atoms with Crippen LogP contribution >= 0.6 is 0 Å². The minimum absolute atomic E-state index is 0.280. The normalized spacial score (nSPS) is 28.5. The number of pyridine rings is 1. The summed E-state index contributed by atoms with van der Waals surface area (Å²) in [5, 5.41) is 0. The molecule has 5 heteroatoms. The third kappa shape index (κ3) is 3.73. The predicted octanol–water partition coefficient (Wildman–Crippen LogP) is 3.82. The molecule has 1 aromatic rings. The predicted molar refractivity (Wildman–Crippen MR) is 101 cm³/mol. The lowest BCUT2D eigenvalue weighted by Gasteiger charge is -2.32. The van der Waals surface area contributed by atoms with Crippen LogP contribution in [0.5, 0.6) is 0 Å². The van der Waals surface area contributed by atoms with E-state index in [2.05, 4.69) is 16.0 Å². The van der Waals surface area contributed by atoms with E-state index in [1.165, 1.54) is 28.9 Å². The molecule has 1 atom stereocenters. The topological polar surface area (TPSA) is 45.7 Å². The average molecular weight is 364 g/mol. The van der Waals surface area contributed by atoms with Crippen LogP contribution < -0.4 is 0 Å². The van der Waals surface area contributed by atoms with Gasteiger partial charge >= 0.3 is 6.09 Å². The molecule has 0 N–H and O–H groups in total. The highest BCUT2D eigenvalue weighted by atomic mass is 16.6. The van der Waals surface area contributed by atoms with Gasteiger partial charge in [0.2, 0.25) is 0 Å². The first-order valence-electron chi connectivity index (χ1n) is 12.6. The smallest absolute Gasteiger partial charge is 0.410 e. The molecule has 2 aliphatic heterocycles. The first-order valence-corrected chi connectivity index (χ1v) is 9.58. The highest BCUT2D eigenvalue weighted by Crippen LogP contribution is 2.61. The molecule has 1 saturated heterocycles. The van der Waals surface area contributed by atoms with E-state index < -0.39 is 25.9 Å². The zero-order valence-electron chi connectivity index (χ0n) is 21.1. The molecule has 1 aliphatic carbocycles. The summed E-state index contributed by atoms with van der Waals surface area (Å²) in [5.41, 5.74) is 2.98. The van der Waals surface area contributed by atoms with Crippen molar-refractivity contribution >= 4 is 6.09 Å². The SMILES string of the molecule is [2H]C([2H])([2H])C(OC(=O)N1CCC2(CC1)CC2CCCN1Cc2ccncc2C1)C([2H])([2H])[2H]. The van der Waals surface area contributed by atoms with Crippen molar-refractivity contribution in [2.24, 2.45) is 11.3 Å². The Hall–Kier alpha value is -1.62. The van der Waals surface area contributed by atoms with Crippen LogP contribution in [-0.2, 0) is 17.8 Å². The number of amides is 1. The maximum atomic E-state index is 12.4. The number of hydrogen-bond donors (Lipinski definition) is 0. The summed E-state index contributed by atoms with van der Waals surface area (Å²) in [4.78, 5) is 20.5. The molecule has 0 aromatic carbocycles. The Labute approximate surface area is 165 Å². The van der Waals surface area contributed by atoms with Crippen LogP contribution in [0.4, 0.5) is 4.79 Å². The molecule has 1 unspecified atom stereocenters. The van der Waals surface area contributed by atoms with E-state index in [4.69, 9.17) is 13.0 Å². The average Bonchev–Trinajstić information content (AvgIpc) is 3.18. The van der Waals surface area contributed by atoms with Gasteiger partial charge in [-0.2, -0.15) is 0 Å². The molecule has 26 heavy (non-hydrogen) atoms. The standard InChI is InChI=1S/C21H31N3O2/c1-16(2)26-20(25)24-10-6-21(7-11-24)12-19(21)4-3-9-23-14-17-5-8-22-13-18(17)15-23/h5,8,13,16,19H,3-4,6-7,9-12,14-15H2,1-2H3/i1D3,2D3. The van der Waals surface area contributed by atoms with Gasteiger partial charge in [-0.25, -0.2) is 4.79 Å². The van der Waals surface area contributed by atoms with Crippen LogP contribution in [0.1, 0.15) is 65.2 Å². The summed E-state index contributed by atoms with van der Waals surface area (Å²) < 4.78 is 49.3. The summed E-state index contributed by atoms with van der Waals surface area (Å²) in [7, 11) is 0. The lowest BCUT2D eigenvalue weighted by Crippen LogP contribution is -2.40. The molecular formula is C21H31N3O2. The van der Waals surface area contributed by atoms with Gasteiger partial charge in [-0.1, -0.05) is 0 Å². The summed E-state index contributed by atoms with van der Waals surface area (Å²) in [6.07, 6.45) is 6.10. The number of nitrogens with zero attached hydrogens (tertiary/aromatic N) is 3. The second-order valence-electron chi connectivity index (χ2n) is 8.01. The van der Waals surface area contributed by atoms with Gasteiger partial charge in [-0.05, 0) is 80.9 Å². The van der Waals surface area contributed by atoms with Crippen LogP contribution in [0.15, 0.2) is 18.5 Å². The van der Waals surface area contributed by atoms with Crippen LogP contribution in [0.2, 0.25) is 0 Å². The van der Waals surface area contributed by atoms with E-state index >= 15 is 0 Å². The van der Waals surface area contributed by atoms with Crippen molar-refractivity contribution in [3.63, 3.8) is 0 Å². The number of hydrogen-bond acceptors (Lipinski definition) is 4. The molecule has 1 amide bonds. The number of fused-ring (bicyclic) bond motifs is 1. The van der Waals surface area contributed by atoms with E-state index in [1.54, 1.807) is 0 Å². The van der Waals surface area contributed by atoms with Crippen LogP contribution in [0, 0.1) is 11.3 Å². The molecule has 2 fully saturated rings. The van der Waals surface area contributed by atoms with E-state index in [-0.39, 0.29) is 5.41 Å². The van der Waals surface area contributed by atoms with Gasteiger partial charge in [0.1, 0.15) is 0 Å². The van der Waals surface area contributed by atoms with Gasteiger partial charge in [0, 0.05) is 46.8 Å². The lowest BCUT2D eigenvalue weighted by atomic mass is 9.90. The maximum absolute atomic E-state index is 12.4. The number of carbonyl (C=O) groups excluding carboxylic acids is 1. The first-order chi connectivity index (χ1) is 15.0. The fourth-order valence-corrected chi connectivity index (χ4v) is 4.77. The molecule has 3 heterocycles. The molecule has 0 radical (unpaired) electrons. The zero-order valence-corrected chi connectivity index (χ0v) is 15.1. The van der Waals surface area contributed by atoms with Gasteiger partial charge in [0.15, 0.2) is 0 Å². The lowest BCUT2D eigenvalue weighted by molar-refractivity contribution is 0.0616. The molecule has 3 aliphatic rings. The summed E-state index contributed by atoms with van der Waals surface area (Å²) in [5.74, 6) is 0.671. The van der Waals surface area contributed by atoms with E-state index in [9.17, 15) is 4.79 Å². The van der Waals surface area contributed by atoms with Crippen molar-refractivity contribution < 1.29 is 17.8 Å². The van der Waals surface area contributed by atoms with Crippen molar-refractivity contribution in [1.29, 1.82) is 0 Å².